The summed E-state index contributed by atoms with van der Waals surface area (Å²) in [4.78, 5) is 12.8. The minimum absolute atomic E-state index is 0.137. The maximum absolute atomic E-state index is 5.91. The molecule has 0 spiro atoms. The molecule has 25 heavy (non-hydrogen) atoms. The van der Waals surface area contributed by atoms with Crippen molar-refractivity contribution in [2.75, 3.05) is 11.1 Å². The van der Waals surface area contributed by atoms with Gasteiger partial charge in [-0.3, -0.25) is 0 Å². The van der Waals surface area contributed by atoms with E-state index in [0.29, 0.717) is 29.1 Å². The van der Waals surface area contributed by atoms with Crippen molar-refractivity contribution < 1.29 is 0 Å². The van der Waals surface area contributed by atoms with Crippen molar-refractivity contribution in [1.82, 2.24) is 24.6 Å². The van der Waals surface area contributed by atoms with E-state index in [0.717, 1.165) is 11.1 Å². The second-order valence-electron chi connectivity index (χ2n) is 5.40. The molecule has 0 radical (unpaired) electrons. The van der Waals surface area contributed by atoms with Gasteiger partial charge in [-0.15, -0.1) is 5.10 Å². The molecule has 0 aliphatic rings. The number of nitrogens with zero attached hydrogens (tertiary/aromatic N) is 5. The maximum Gasteiger partial charge on any atom is 0.259 e. The maximum atomic E-state index is 5.91. The number of fused-ring (bicyclic) bond motifs is 1. The van der Waals surface area contributed by atoms with Gasteiger partial charge in [0.15, 0.2) is 5.82 Å². The van der Waals surface area contributed by atoms with Crippen molar-refractivity contribution in [2.24, 2.45) is 0 Å². The van der Waals surface area contributed by atoms with Gasteiger partial charge >= 0.3 is 0 Å². The van der Waals surface area contributed by atoms with Crippen molar-refractivity contribution in [3.8, 4) is 11.4 Å². The van der Waals surface area contributed by atoms with Crippen LogP contribution in [0.5, 0.6) is 0 Å². The summed E-state index contributed by atoms with van der Waals surface area (Å²) in [5, 5.41) is 8.40. The van der Waals surface area contributed by atoms with Crippen LogP contribution in [0.25, 0.3) is 17.2 Å². The van der Waals surface area contributed by atoms with Crippen LogP contribution in [0.3, 0.4) is 0 Å². The van der Waals surface area contributed by atoms with Gasteiger partial charge in [-0.2, -0.15) is 19.5 Å². The van der Waals surface area contributed by atoms with Crippen LogP contribution in [0.4, 0.5) is 11.9 Å². The molecule has 4 rings (SSSR count). The van der Waals surface area contributed by atoms with Gasteiger partial charge in [-0.1, -0.05) is 54.1 Å². The third-order valence-electron chi connectivity index (χ3n) is 3.62. The molecule has 124 valence electrons. The van der Waals surface area contributed by atoms with Crippen molar-refractivity contribution in [2.45, 2.75) is 6.54 Å². The first-order chi connectivity index (χ1) is 12.2. The number of halogens is 1. The molecular formula is C17H14ClN7. The number of rotatable bonds is 4. The third-order valence-corrected chi connectivity index (χ3v) is 3.87. The highest BCUT2D eigenvalue weighted by molar-refractivity contribution is 6.30. The van der Waals surface area contributed by atoms with Gasteiger partial charge in [0, 0.05) is 17.1 Å². The summed E-state index contributed by atoms with van der Waals surface area (Å²) >= 11 is 5.91. The standard InChI is InChI=1S/C17H14ClN7/c18-13-8-6-11(7-9-13)10-20-16-22-15(19)23-17-21-14(24-25(16)17)12-4-2-1-3-5-12/h1-9H,10H2,(H3,19,20,21,22,23,24). The second kappa shape index (κ2) is 6.37. The lowest BCUT2D eigenvalue weighted by Gasteiger charge is -2.07. The zero-order chi connectivity index (χ0) is 17.2. The lowest BCUT2D eigenvalue weighted by molar-refractivity contribution is 0.888. The smallest absolute Gasteiger partial charge is 0.259 e. The van der Waals surface area contributed by atoms with E-state index in [1.165, 1.54) is 0 Å². The van der Waals surface area contributed by atoms with E-state index in [1.807, 2.05) is 54.6 Å². The van der Waals surface area contributed by atoms with E-state index in [1.54, 1.807) is 4.52 Å². The molecule has 2 aromatic heterocycles. The largest absolute Gasteiger partial charge is 0.368 e. The Balaban J connectivity index is 1.68. The first kappa shape index (κ1) is 15.3. The quantitative estimate of drug-likeness (QED) is 0.587. The molecule has 2 aromatic carbocycles. The second-order valence-corrected chi connectivity index (χ2v) is 5.84. The first-order valence-electron chi connectivity index (χ1n) is 7.63. The lowest BCUT2D eigenvalue weighted by atomic mass is 10.2. The van der Waals surface area contributed by atoms with E-state index >= 15 is 0 Å². The van der Waals surface area contributed by atoms with Crippen molar-refractivity contribution in [3.63, 3.8) is 0 Å². The summed E-state index contributed by atoms with van der Waals surface area (Å²) in [7, 11) is 0. The number of aromatic nitrogens is 5. The van der Waals surface area contributed by atoms with Crippen molar-refractivity contribution >= 4 is 29.3 Å². The highest BCUT2D eigenvalue weighted by atomic mass is 35.5. The number of anilines is 2. The van der Waals surface area contributed by atoms with E-state index < -0.39 is 0 Å². The Hall–Kier alpha value is -3.19. The van der Waals surface area contributed by atoms with Crippen LogP contribution in [-0.2, 0) is 6.54 Å². The molecule has 0 unspecified atom stereocenters. The molecule has 0 saturated heterocycles. The molecule has 0 fully saturated rings. The van der Waals surface area contributed by atoms with E-state index in [4.69, 9.17) is 17.3 Å². The zero-order valence-corrected chi connectivity index (χ0v) is 13.9. The number of hydrogen-bond donors (Lipinski definition) is 2. The van der Waals surface area contributed by atoms with Gasteiger partial charge in [-0.25, -0.2) is 0 Å². The summed E-state index contributed by atoms with van der Waals surface area (Å²) in [6.45, 7) is 0.545. The Morgan fingerprint density at radius 2 is 1.72 bits per heavy atom. The highest BCUT2D eigenvalue weighted by Gasteiger charge is 2.12. The number of nitrogen functional groups attached to an aromatic ring is 1. The number of hydrogen-bond acceptors (Lipinski definition) is 6. The molecule has 0 aliphatic carbocycles. The fraction of sp³-hybridized carbons (Fsp3) is 0.0588. The summed E-state index contributed by atoms with van der Waals surface area (Å²) in [5.74, 6) is 1.57. The molecule has 7 nitrogen and oxygen atoms in total. The molecule has 0 saturated carbocycles. The Bertz CT molecular complexity index is 1010. The number of benzene rings is 2. The summed E-state index contributed by atoms with van der Waals surface area (Å²) in [6.07, 6.45) is 0. The van der Waals surface area contributed by atoms with Gasteiger partial charge in [-0.05, 0) is 17.7 Å². The van der Waals surface area contributed by atoms with Gasteiger partial charge < -0.3 is 11.1 Å². The minimum Gasteiger partial charge on any atom is -0.368 e. The van der Waals surface area contributed by atoms with E-state index in [9.17, 15) is 0 Å². The van der Waals surface area contributed by atoms with Crippen molar-refractivity contribution in [3.05, 3.63) is 65.2 Å². The molecule has 0 aliphatic heterocycles. The van der Waals surface area contributed by atoms with E-state index in [2.05, 4.69) is 25.4 Å². The average molecular weight is 352 g/mol. The third kappa shape index (κ3) is 3.22. The molecule has 4 aromatic rings. The van der Waals surface area contributed by atoms with Crippen molar-refractivity contribution in [1.29, 1.82) is 0 Å². The predicted molar refractivity (Wildman–Crippen MR) is 97.2 cm³/mol. The van der Waals surface area contributed by atoms with Gasteiger partial charge in [0.2, 0.25) is 11.9 Å². The minimum atomic E-state index is 0.137. The van der Waals surface area contributed by atoms with Crippen LogP contribution in [0.1, 0.15) is 5.56 Å². The van der Waals surface area contributed by atoms with Crippen LogP contribution in [0.2, 0.25) is 5.02 Å². The lowest BCUT2D eigenvalue weighted by Crippen LogP contribution is -2.10. The molecule has 8 heteroatoms. The van der Waals surface area contributed by atoms with Gasteiger partial charge in [0.1, 0.15) is 0 Å². The Labute approximate surface area is 148 Å². The topological polar surface area (TPSA) is 94.0 Å². The monoisotopic (exact) mass is 351 g/mol. The molecule has 0 atom stereocenters. The zero-order valence-electron chi connectivity index (χ0n) is 13.1. The Morgan fingerprint density at radius 3 is 2.48 bits per heavy atom. The van der Waals surface area contributed by atoms with Crippen LogP contribution < -0.4 is 11.1 Å². The van der Waals surface area contributed by atoms with Crippen LogP contribution in [0.15, 0.2) is 54.6 Å². The molecule has 3 N–H and O–H groups in total. The molecular weight excluding hydrogens is 338 g/mol. The first-order valence-corrected chi connectivity index (χ1v) is 8.01. The fourth-order valence-corrected chi connectivity index (χ4v) is 2.53. The summed E-state index contributed by atoms with van der Waals surface area (Å²) < 4.78 is 1.55. The van der Waals surface area contributed by atoms with E-state index in [-0.39, 0.29) is 5.95 Å². The predicted octanol–water partition coefficient (Wildman–Crippen LogP) is 3.03. The normalized spacial score (nSPS) is 10.9. The molecule has 2 heterocycles. The molecule has 0 bridgehead atoms. The van der Waals surface area contributed by atoms with Crippen LogP contribution in [-0.4, -0.2) is 24.6 Å². The van der Waals surface area contributed by atoms with Gasteiger partial charge in [0.25, 0.3) is 5.78 Å². The Morgan fingerprint density at radius 1 is 0.960 bits per heavy atom. The SMILES string of the molecule is Nc1nc(NCc2ccc(Cl)cc2)n2nc(-c3ccccc3)nc2n1. The molecule has 0 amide bonds. The Kier molecular flexibility index (Phi) is 3.91. The summed E-state index contributed by atoms with van der Waals surface area (Å²) in [6, 6.07) is 17.2. The fourth-order valence-electron chi connectivity index (χ4n) is 2.41. The van der Waals surface area contributed by atoms with Crippen LogP contribution >= 0.6 is 11.6 Å². The number of nitrogens with two attached hydrogens (primary N) is 1. The van der Waals surface area contributed by atoms with Crippen LogP contribution in [0, 0.1) is 0 Å². The summed E-state index contributed by atoms with van der Waals surface area (Å²) in [5.41, 5.74) is 7.75. The average Bonchev–Trinajstić information content (AvgIpc) is 3.06. The van der Waals surface area contributed by atoms with Gasteiger partial charge in [0.05, 0.1) is 0 Å². The number of nitrogens with one attached hydrogen (secondary N) is 1. The highest BCUT2D eigenvalue weighted by Crippen LogP contribution is 2.18.